The molecule has 0 aliphatic carbocycles. The predicted molar refractivity (Wildman–Crippen MR) is 96.2 cm³/mol. The molecule has 128 valence electrons. The van der Waals surface area contributed by atoms with Crippen LogP contribution in [-0.4, -0.2) is 41.0 Å². The molecule has 2 N–H and O–H groups in total. The van der Waals surface area contributed by atoms with Crippen molar-refractivity contribution >= 4 is 39.2 Å². The molecule has 0 atom stereocenters. The van der Waals surface area contributed by atoms with Crippen LogP contribution in [0.25, 0.3) is 10.1 Å². The number of carbonyl (C=O) groups excluding carboxylic acids is 2. The number of hydrogen-bond acceptors (Lipinski definition) is 4. The minimum atomic E-state index is -0.241. The molecule has 1 aliphatic heterocycles. The van der Waals surface area contributed by atoms with Crippen LogP contribution in [0.2, 0.25) is 0 Å². The van der Waals surface area contributed by atoms with Gasteiger partial charge in [-0.05, 0) is 30.4 Å². The molecule has 2 aromatic rings. The Hall–Kier alpha value is -2.15. The summed E-state index contributed by atoms with van der Waals surface area (Å²) in [5.74, 6) is 0.792. The lowest BCUT2D eigenvalue weighted by molar-refractivity contribution is -0.135. The molecule has 6 nitrogen and oxygen atoms in total. The Morgan fingerprint density at radius 3 is 2.75 bits per heavy atom. The fraction of sp³-hybridized carbons (Fsp3) is 0.471. The Balaban J connectivity index is 1.53. The van der Waals surface area contributed by atoms with Crippen molar-refractivity contribution in [2.24, 2.45) is 5.92 Å². The summed E-state index contributed by atoms with van der Waals surface area (Å²) in [6.07, 6.45) is 3.26. The summed E-state index contributed by atoms with van der Waals surface area (Å²) < 4.78 is 1.10. The standard InChI is InChI=1S/C17H22N4O2S/c1-11(2)16(22)21-8-4-12(5-9-21)19-17(23)20-15-13-6-10-24-14(13)3-7-18-15/h3,6-7,10-12H,4-5,8-9H2,1-2H3,(H2,18,19,20,23). The largest absolute Gasteiger partial charge is 0.342 e. The highest BCUT2D eigenvalue weighted by Crippen LogP contribution is 2.25. The first-order chi connectivity index (χ1) is 11.5. The van der Waals surface area contributed by atoms with Gasteiger partial charge in [-0.2, -0.15) is 0 Å². The van der Waals surface area contributed by atoms with Gasteiger partial charge in [-0.1, -0.05) is 13.8 Å². The lowest BCUT2D eigenvalue weighted by atomic mass is 10.0. The second-order valence-corrected chi connectivity index (χ2v) is 7.29. The van der Waals surface area contributed by atoms with Crippen molar-refractivity contribution in [1.29, 1.82) is 0 Å². The molecule has 1 saturated heterocycles. The van der Waals surface area contributed by atoms with Crippen molar-refractivity contribution in [2.75, 3.05) is 18.4 Å². The second kappa shape index (κ2) is 7.17. The van der Waals surface area contributed by atoms with Crippen LogP contribution in [0.15, 0.2) is 23.7 Å². The Labute approximate surface area is 145 Å². The maximum atomic E-state index is 12.2. The Bertz CT molecular complexity index is 735. The minimum absolute atomic E-state index is 0.0231. The van der Waals surface area contributed by atoms with Crippen LogP contribution >= 0.6 is 11.3 Å². The molecule has 1 aliphatic rings. The predicted octanol–water partition coefficient (Wildman–Crippen LogP) is 3.06. The van der Waals surface area contributed by atoms with Crippen LogP contribution in [0.4, 0.5) is 10.6 Å². The number of anilines is 1. The van der Waals surface area contributed by atoms with Gasteiger partial charge in [0.05, 0.1) is 0 Å². The number of hydrogen-bond donors (Lipinski definition) is 2. The summed E-state index contributed by atoms with van der Waals surface area (Å²) in [5.41, 5.74) is 0. The SMILES string of the molecule is CC(C)C(=O)N1CCC(NC(=O)Nc2nccc3sccc23)CC1. The third kappa shape index (κ3) is 3.67. The smallest absolute Gasteiger partial charge is 0.320 e. The first-order valence-corrected chi connectivity index (χ1v) is 9.11. The van der Waals surface area contributed by atoms with Crippen LogP contribution in [0.5, 0.6) is 0 Å². The van der Waals surface area contributed by atoms with Gasteiger partial charge in [0, 0.05) is 41.3 Å². The summed E-state index contributed by atoms with van der Waals surface area (Å²) in [7, 11) is 0. The quantitative estimate of drug-likeness (QED) is 0.897. The average Bonchev–Trinajstić information content (AvgIpc) is 3.04. The average molecular weight is 346 g/mol. The number of thiophene rings is 1. The highest BCUT2D eigenvalue weighted by molar-refractivity contribution is 7.17. The summed E-state index contributed by atoms with van der Waals surface area (Å²) in [6, 6.07) is 3.74. The lowest BCUT2D eigenvalue weighted by Gasteiger charge is -2.33. The second-order valence-electron chi connectivity index (χ2n) is 6.34. The molecule has 3 amide bonds. The molecule has 24 heavy (non-hydrogen) atoms. The van der Waals surface area contributed by atoms with Crippen molar-refractivity contribution in [2.45, 2.75) is 32.7 Å². The van der Waals surface area contributed by atoms with E-state index in [1.165, 1.54) is 0 Å². The fourth-order valence-electron chi connectivity index (χ4n) is 2.93. The maximum Gasteiger partial charge on any atom is 0.320 e. The van der Waals surface area contributed by atoms with Crippen molar-refractivity contribution < 1.29 is 9.59 Å². The molecule has 0 bridgehead atoms. The highest BCUT2D eigenvalue weighted by Gasteiger charge is 2.25. The molecule has 0 spiro atoms. The molecule has 1 fully saturated rings. The van der Waals surface area contributed by atoms with Gasteiger partial charge in [0.1, 0.15) is 5.82 Å². The van der Waals surface area contributed by atoms with Crippen molar-refractivity contribution in [3.8, 4) is 0 Å². The first kappa shape index (κ1) is 16.7. The topological polar surface area (TPSA) is 74.3 Å². The molecular formula is C17H22N4O2S. The van der Waals surface area contributed by atoms with E-state index in [1.54, 1.807) is 17.5 Å². The van der Waals surface area contributed by atoms with Gasteiger partial charge in [-0.3, -0.25) is 10.1 Å². The van der Waals surface area contributed by atoms with E-state index in [-0.39, 0.29) is 23.9 Å². The van der Waals surface area contributed by atoms with Gasteiger partial charge in [0.15, 0.2) is 0 Å². The van der Waals surface area contributed by atoms with Gasteiger partial charge >= 0.3 is 6.03 Å². The van der Waals surface area contributed by atoms with Crippen molar-refractivity contribution in [1.82, 2.24) is 15.2 Å². The molecule has 2 aromatic heterocycles. The molecular weight excluding hydrogens is 324 g/mol. The van der Waals surface area contributed by atoms with Gasteiger partial charge in [-0.15, -0.1) is 11.3 Å². The van der Waals surface area contributed by atoms with E-state index in [9.17, 15) is 9.59 Å². The Morgan fingerprint density at radius 2 is 2.04 bits per heavy atom. The highest BCUT2D eigenvalue weighted by atomic mass is 32.1. The number of likely N-dealkylation sites (tertiary alicyclic amines) is 1. The van der Waals surface area contributed by atoms with Crippen LogP contribution in [0.3, 0.4) is 0 Å². The number of piperidine rings is 1. The number of nitrogens with one attached hydrogen (secondary N) is 2. The molecule has 3 heterocycles. The van der Waals surface area contributed by atoms with Crippen molar-refractivity contribution in [3.05, 3.63) is 23.7 Å². The number of rotatable bonds is 3. The number of amides is 3. The molecule has 0 unspecified atom stereocenters. The van der Waals surface area contributed by atoms with E-state index in [1.807, 2.05) is 36.3 Å². The molecule has 0 radical (unpaired) electrons. The minimum Gasteiger partial charge on any atom is -0.342 e. The molecule has 0 saturated carbocycles. The Morgan fingerprint density at radius 1 is 1.29 bits per heavy atom. The number of carbonyl (C=O) groups is 2. The fourth-order valence-corrected chi connectivity index (χ4v) is 3.71. The van der Waals surface area contributed by atoms with E-state index in [0.29, 0.717) is 18.9 Å². The first-order valence-electron chi connectivity index (χ1n) is 8.23. The number of pyridine rings is 1. The van der Waals surface area contributed by atoms with Gasteiger partial charge in [0.25, 0.3) is 0 Å². The van der Waals surface area contributed by atoms with Crippen LogP contribution in [-0.2, 0) is 4.79 Å². The maximum absolute atomic E-state index is 12.2. The van der Waals surface area contributed by atoms with Gasteiger partial charge < -0.3 is 10.2 Å². The van der Waals surface area contributed by atoms with E-state index in [2.05, 4.69) is 15.6 Å². The van der Waals surface area contributed by atoms with E-state index in [0.717, 1.165) is 22.9 Å². The summed E-state index contributed by atoms with van der Waals surface area (Å²) in [4.78, 5) is 30.3. The monoisotopic (exact) mass is 346 g/mol. The lowest BCUT2D eigenvalue weighted by Crippen LogP contribution is -2.48. The number of fused-ring (bicyclic) bond motifs is 1. The van der Waals surface area contributed by atoms with Gasteiger partial charge in [0.2, 0.25) is 5.91 Å². The molecule has 0 aromatic carbocycles. The third-order valence-corrected chi connectivity index (χ3v) is 5.13. The van der Waals surface area contributed by atoms with Crippen molar-refractivity contribution in [3.63, 3.8) is 0 Å². The zero-order valence-corrected chi connectivity index (χ0v) is 14.7. The number of nitrogens with zero attached hydrogens (tertiary/aromatic N) is 2. The zero-order valence-electron chi connectivity index (χ0n) is 13.9. The normalized spacial score (nSPS) is 15.7. The Kier molecular flexibility index (Phi) is 4.99. The van der Waals surface area contributed by atoms with Crippen LogP contribution in [0, 0.1) is 5.92 Å². The zero-order chi connectivity index (χ0) is 17.1. The van der Waals surface area contributed by atoms with Crippen LogP contribution < -0.4 is 10.6 Å². The van der Waals surface area contributed by atoms with E-state index >= 15 is 0 Å². The summed E-state index contributed by atoms with van der Waals surface area (Å²) >= 11 is 1.62. The van der Waals surface area contributed by atoms with Gasteiger partial charge in [-0.25, -0.2) is 9.78 Å². The van der Waals surface area contributed by atoms with E-state index in [4.69, 9.17) is 0 Å². The van der Waals surface area contributed by atoms with E-state index < -0.39 is 0 Å². The van der Waals surface area contributed by atoms with Crippen LogP contribution in [0.1, 0.15) is 26.7 Å². The molecule has 3 rings (SSSR count). The summed E-state index contributed by atoms with van der Waals surface area (Å²) in [5, 5.41) is 8.76. The third-order valence-electron chi connectivity index (χ3n) is 4.25. The summed E-state index contributed by atoms with van der Waals surface area (Å²) in [6.45, 7) is 5.22. The number of aromatic nitrogens is 1. The molecule has 7 heteroatoms. The number of urea groups is 1.